The van der Waals surface area contributed by atoms with E-state index in [1.807, 2.05) is 31.2 Å². The van der Waals surface area contributed by atoms with Gasteiger partial charge in [-0.1, -0.05) is 12.1 Å². The largest absolute Gasteiger partial charge is 0.495 e. The third kappa shape index (κ3) is 2.26. The van der Waals surface area contributed by atoms with E-state index in [2.05, 4.69) is 0 Å². The van der Waals surface area contributed by atoms with Crippen LogP contribution in [0.4, 0.5) is 10.5 Å². The molecule has 1 atom stereocenters. The lowest BCUT2D eigenvalue weighted by Gasteiger charge is -2.21. The zero-order valence-electron chi connectivity index (χ0n) is 10.7. The van der Waals surface area contributed by atoms with Crippen molar-refractivity contribution in [2.24, 2.45) is 5.73 Å². The fourth-order valence-electron chi connectivity index (χ4n) is 2.17. The molecule has 0 spiro atoms. The molecular weight excluding hydrogens is 232 g/mol. The lowest BCUT2D eigenvalue weighted by Crippen LogP contribution is -2.33. The predicted octanol–water partition coefficient (Wildman–Crippen LogP) is 1.76. The quantitative estimate of drug-likeness (QED) is 0.884. The van der Waals surface area contributed by atoms with Crippen LogP contribution in [0.2, 0.25) is 0 Å². The summed E-state index contributed by atoms with van der Waals surface area (Å²) in [5, 5.41) is 0. The smallest absolute Gasteiger partial charge is 0.415 e. The molecule has 1 aromatic carbocycles. The number of anilines is 1. The number of hydrogen-bond donors (Lipinski definition) is 1. The van der Waals surface area contributed by atoms with Gasteiger partial charge in [-0.05, 0) is 25.6 Å². The second-order valence-corrected chi connectivity index (χ2v) is 4.61. The van der Waals surface area contributed by atoms with E-state index in [9.17, 15) is 4.79 Å². The molecule has 1 amide bonds. The summed E-state index contributed by atoms with van der Waals surface area (Å²) in [7, 11) is 1.58. The third-order valence-electron chi connectivity index (χ3n) is 3.10. The SMILES string of the molecule is COc1ccccc1N1CC(C)(CCN)OC1=O. The third-order valence-corrected chi connectivity index (χ3v) is 3.10. The van der Waals surface area contributed by atoms with E-state index in [0.717, 1.165) is 5.69 Å². The van der Waals surface area contributed by atoms with Gasteiger partial charge in [0, 0.05) is 6.42 Å². The van der Waals surface area contributed by atoms with Crippen LogP contribution in [0, 0.1) is 0 Å². The fraction of sp³-hybridized carbons (Fsp3) is 0.462. The van der Waals surface area contributed by atoms with Crippen molar-refractivity contribution in [1.29, 1.82) is 0 Å². The minimum absolute atomic E-state index is 0.351. The van der Waals surface area contributed by atoms with Gasteiger partial charge in [0.05, 0.1) is 19.3 Å². The van der Waals surface area contributed by atoms with Crippen molar-refractivity contribution >= 4 is 11.8 Å². The predicted molar refractivity (Wildman–Crippen MR) is 68.9 cm³/mol. The van der Waals surface area contributed by atoms with E-state index >= 15 is 0 Å². The summed E-state index contributed by atoms with van der Waals surface area (Å²) < 4.78 is 10.7. The second kappa shape index (κ2) is 4.86. The van der Waals surface area contributed by atoms with Crippen molar-refractivity contribution in [3.63, 3.8) is 0 Å². The molecule has 1 aliphatic rings. The van der Waals surface area contributed by atoms with Crippen molar-refractivity contribution in [3.8, 4) is 5.75 Å². The van der Waals surface area contributed by atoms with Gasteiger partial charge in [0.15, 0.2) is 0 Å². The molecule has 0 saturated carbocycles. The normalized spacial score (nSPS) is 23.1. The number of nitrogens with two attached hydrogens (primary N) is 1. The molecule has 1 aromatic rings. The first-order valence-corrected chi connectivity index (χ1v) is 5.93. The highest BCUT2D eigenvalue weighted by Crippen LogP contribution is 2.35. The Kier molecular flexibility index (Phi) is 3.43. The number of benzene rings is 1. The van der Waals surface area contributed by atoms with Gasteiger partial charge < -0.3 is 15.2 Å². The molecule has 2 rings (SSSR count). The summed E-state index contributed by atoms with van der Waals surface area (Å²) in [6.45, 7) is 2.88. The van der Waals surface area contributed by atoms with Gasteiger partial charge >= 0.3 is 6.09 Å². The van der Waals surface area contributed by atoms with Gasteiger partial charge in [-0.2, -0.15) is 0 Å². The van der Waals surface area contributed by atoms with Crippen LogP contribution >= 0.6 is 0 Å². The van der Waals surface area contributed by atoms with Crippen LogP contribution in [0.5, 0.6) is 5.75 Å². The number of hydrogen-bond acceptors (Lipinski definition) is 4. The summed E-state index contributed by atoms with van der Waals surface area (Å²) >= 11 is 0. The molecule has 98 valence electrons. The first-order chi connectivity index (χ1) is 8.59. The maximum atomic E-state index is 11.9. The van der Waals surface area contributed by atoms with Crippen LogP contribution in [0.15, 0.2) is 24.3 Å². The molecule has 1 fully saturated rings. The highest BCUT2D eigenvalue weighted by atomic mass is 16.6. The molecule has 1 heterocycles. The summed E-state index contributed by atoms with van der Waals surface area (Å²) in [5.74, 6) is 0.659. The number of nitrogens with zero attached hydrogens (tertiary/aromatic N) is 1. The molecule has 2 N–H and O–H groups in total. The molecule has 1 saturated heterocycles. The average Bonchev–Trinajstić information content (AvgIpc) is 2.65. The number of ether oxygens (including phenoxy) is 2. The molecule has 5 nitrogen and oxygen atoms in total. The summed E-state index contributed by atoms with van der Waals surface area (Å²) in [6.07, 6.45) is 0.292. The molecule has 0 aromatic heterocycles. The number of cyclic esters (lactones) is 1. The first-order valence-electron chi connectivity index (χ1n) is 5.93. The van der Waals surface area contributed by atoms with Gasteiger partial charge in [-0.25, -0.2) is 4.79 Å². The fourth-order valence-corrected chi connectivity index (χ4v) is 2.17. The van der Waals surface area contributed by atoms with E-state index in [1.165, 1.54) is 0 Å². The molecular formula is C13H18N2O3. The van der Waals surface area contributed by atoms with Crippen LogP contribution in [0.1, 0.15) is 13.3 Å². The summed E-state index contributed by atoms with van der Waals surface area (Å²) in [6, 6.07) is 7.39. The van der Waals surface area contributed by atoms with Gasteiger partial charge in [0.1, 0.15) is 11.4 Å². The second-order valence-electron chi connectivity index (χ2n) is 4.61. The van der Waals surface area contributed by atoms with Gasteiger partial charge in [0.25, 0.3) is 0 Å². The molecule has 0 bridgehead atoms. The van der Waals surface area contributed by atoms with Crippen LogP contribution in [0.25, 0.3) is 0 Å². The van der Waals surface area contributed by atoms with Crippen molar-refractivity contribution in [1.82, 2.24) is 0 Å². The minimum atomic E-state index is -0.521. The van der Waals surface area contributed by atoms with E-state index < -0.39 is 5.60 Å². The van der Waals surface area contributed by atoms with E-state index in [4.69, 9.17) is 15.2 Å². The Balaban J connectivity index is 2.27. The molecule has 0 aliphatic carbocycles. The molecule has 5 heteroatoms. The van der Waals surface area contributed by atoms with Gasteiger partial charge in [-0.3, -0.25) is 4.90 Å². The maximum Gasteiger partial charge on any atom is 0.415 e. The molecule has 18 heavy (non-hydrogen) atoms. The van der Waals surface area contributed by atoms with Gasteiger partial charge in [0.2, 0.25) is 0 Å². The molecule has 1 unspecified atom stereocenters. The topological polar surface area (TPSA) is 64.8 Å². The van der Waals surface area contributed by atoms with Crippen LogP contribution < -0.4 is 15.4 Å². The average molecular weight is 250 g/mol. The zero-order valence-corrected chi connectivity index (χ0v) is 10.7. The van der Waals surface area contributed by atoms with Crippen molar-refractivity contribution in [3.05, 3.63) is 24.3 Å². The van der Waals surface area contributed by atoms with Crippen molar-refractivity contribution in [2.75, 3.05) is 25.1 Å². The molecule has 0 radical (unpaired) electrons. The Bertz CT molecular complexity index is 450. The Labute approximate surface area is 106 Å². The Morgan fingerprint density at radius 1 is 1.50 bits per heavy atom. The Morgan fingerprint density at radius 2 is 2.22 bits per heavy atom. The number of carbonyl (C=O) groups is 1. The van der Waals surface area contributed by atoms with Crippen LogP contribution in [0.3, 0.4) is 0 Å². The van der Waals surface area contributed by atoms with E-state index in [-0.39, 0.29) is 6.09 Å². The maximum absolute atomic E-state index is 11.9. The number of carbonyl (C=O) groups excluding carboxylic acids is 1. The standard InChI is InChI=1S/C13H18N2O3/c1-13(7-8-14)9-15(12(16)18-13)10-5-3-4-6-11(10)17-2/h3-6H,7-9,14H2,1-2H3. The number of rotatable bonds is 4. The van der Waals surface area contributed by atoms with E-state index in [0.29, 0.717) is 25.3 Å². The Morgan fingerprint density at radius 3 is 2.89 bits per heavy atom. The van der Waals surface area contributed by atoms with Crippen molar-refractivity contribution < 1.29 is 14.3 Å². The minimum Gasteiger partial charge on any atom is -0.495 e. The van der Waals surface area contributed by atoms with Crippen LogP contribution in [-0.4, -0.2) is 31.9 Å². The lowest BCUT2D eigenvalue weighted by atomic mass is 10.0. The number of amides is 1. The number of methoxy groups -OCH3 is 1. The summed E-state index contributed by atoms with van der Waals surface area (Å²) in [5.41, 5.74) is 5.75. The monoisotopic (exact) mass is 250 g/mol. The molecule has 1 aliphatic heterocycles. The van der Waals surface area contributed by atoms with E-state index in [1.54, 1.807) is 12.0 Å². The van der Waals surface area contributed by atoms with Gasteiger partial charge in [-0.15, -0.1) is 0 Å². The Hall–Kier alpha value is -1.75. The van der Waals surface area contributed by atoms with Crippen molar-refractivity contribution in [2.45, 2.75) is 18.9 Å². The highest BCUT2D eigenvalue weighted by Gasteiger charge is 2.42. The summed E-state index contributed by atoms with van der Waals surface area (Å²) in [4.78, 5) is 13.5. The lowest BCUT2D eigenvalue weighted by molar-refractivity contribution is 0.0672. The van der Waals surface area contributed by atoms with Crippen LogP contribution in [-0.2, 0) is 4.74 Å². The first kappa shape index (κ1) is 12.7. The highest BCUT2D eigenvalue weighted by molar-refractivity contribution is 5.92. The zero-order chi connectivity index (χ0) is 13.2. The number of para-hydroxylation sites is 2.